The third-order valence-corrected chi connectivity index (χ3v) is 4.83. The van der Waals surface area contributed by atoms with E-state index >= 15 is 0 Å². The highest BCUT2D eigenvalue weighted by Gasteiger charge is 2.05. The summed E-state index contributed by atoms with van der Waals surface area (Å²) in [4.78, 5) is 17.4. The van der Waals surface area contributed by atoms with E-state index in [1.165, 1.54) is 0 Å². The first kappa shape index (κ1) is 17.5. The van der Waals surface area contributed by atoms with E-state index < -0.39 is 0 Å². The molecule has 3 rings (SSSR count). The van der Waals surface area contributed by atoms with Crippen molar-refractivity contribution in [3.63, 3.8) is 0 Å². The molecule has 3 aromatic rings. The van der Waals surface area contributed by atoms with Gasteiger partial charge in [-0.3, -0.25) is 4.98 Å². The Bertz CT molecular complexity index is 940. The summed E-state index contributed by atoms with van der Waals surface area (Å²) in [5.74, 6) is 6.14. The number of hydrogen-bond acceptors (Lipinski definition) is 4. The van der Waals surface area contributed by atoms with Gasteiger partial charge in [0.1, 0.15) is 0 Å². The molecule has 0 N–H and O–H groups in total. The van der Waals surface area contributed by atoms with Gasteiger partial charge in [0.05, 0.1) is 16.8 Å². The van der Waals surface area contributed by atoms with Gasteiger partial charge in [-0.2, -0.15) is 0 Å². The first-order valence-corrected chi connectivity index (χ1v) is 9.37. The molecule has 0 radical (unpaired) electrons. The number of aromatic nitrogens is 1. The average molecular weight is 412 g/mol. The van der Waals surface area contributed by atoms with Gasteiger partial charge in [0.25, 0.3) is 0 Å². The highest BCUT2D eigenvalue weighted by Crippen LogP contribution is 2.25. The fourth-order valence-electron chi connectivity index (χ4n) is 2.18. The van der Waals surface area contributed by atoms with Crippen molar-refractivity contribution < 1.29 is 9.53 Å². The quantitative estimate of drug-likeness (QED) is 0.345. The number of hydrogen-bond donors (Lipinski definition) is 0. The molecule has 0 saturated heterocycles. The zero-order chi connectivity index (χ0) is 17.5. The molecule has 0 aliphatic rings. The average Bonchev–Trinajstić information content (AvgIpc) is 2.65. The zero-order valence-corrected chi connectivity index (χ0v) is 15.6. The van der Waals surface area contributed by atoms with Crippen LogP contribution in [-0.2, 0) is 4.74 Å². The summed E-state index contributed by atoms with van der Waals surface area (Å²) in [6, 6.07) is 17.1. The number of rotatable bonds is 4. The molecular formula is C20H14BrNO2S. The largest absolute Gasteiger partial charge is 0.449 e. The maximum atomic E-state index is 11.8. The highest BCUT2D eigenvalue weighted by molar-refractivity contribution is 9.10. The summed E-state index contributed by atoms with van der Waals surface area (Å²) < 4.78 is 6.06. The number of carbonyl (C=O) groups is 1. The molecule has 0 amide bonds. The number of ether oxygens (including phenoxy) is 1. The van der Waals surface area contributed by atoms with Crippen LogP contribution in [0.1, 0.15) is 10.4 Å². The number of para-hydroxylation sites is 1. The number of nitrogens with zero attached hydrogens (tertiary/aromatic N) is 1. The van der Waals surface area contributed by atoms with E-state index in [4.69, 9.17) is 4.74 Å². The van der Waals surface area contributed by atoms with Gasteiger partial charge < -0.3 is 4.74 Å². The molecular weight excluding hydrogens is 398 g/mol. The Hall–Kier alpha value is -2.29. The number of fused-ring (bicyclic) bond motifs is 1. The van der Waals surface area contributed by atoms with Crippen LogP contribution < -0.4 is 0 Å². The minimum Gasteiger partial charge on any atom is -0.449 e. The fourth-order valence-corrected chi connectivity index (χ4v) is 3.26. The highest BCUT2D eigenvalue weighted by atomic mass is 79.9. The van der Waals surface area contributed by atoms with Gasteiger partial charge in [0.15, 0.2) is 6.61 Å². The van der Waals surface area contributed by atoms with Crippen molar-refractivity contribution in [3.05, 3.63) is 70.8 Å². The van der Waals surface area contributed by atoms with E-state index in [0.29, 0.717) is 11.3 Å². The van der Waals surface area contributed by atoms with E-state index in [1.807, 2.05) is 30.3 Å². The van der Waals surface area contributed by atoms with Gasteiger partial charge in [-0.05, 0) is 36.4 Å². The van der Waals surface area contributed by atoms with Crippen molar-refractivity contribution in [1.82, 2.24) is 4.98 Å². The molecule has 0 bridgehead atoms. The van der Waals surface area contributed by atoms with Crippen molar-refractivity contribution in [2.45, 2.75) is 4.90 Å². The van der Waals surface area contributed by atoms with Crippen molar-refractivity contribution in [2.75, 3.05) is 12.4 Å². The molecule has 0 aliphatic carbocycles. The number of thioether (sulfide) groups is 1. The lowest BCUT2D eigenvalue weighted by Gasteiger charge is -2.02. The zero-order valence-electron chi connectivity index (χ0n) is 13.2. The Balaban J connectivity index is 1.50. The van der Waals surface area contributed by atoms with Gasteiger partial charge in [0.2, 0.25) is 0 Å². The lowest BCUT2D eigenvalue weighted by atomic mass is 10.2. The molecule has 0 atom stereocenters. The second-order valence-corrected chi connectivity index (χ2v) is 6.99. The van der Waals surface area contributed by atoms with Crippen LogP contribution in [0.5, 0.6) is 0 Å². The molecule has 0 fully saturated rings. The molecule has 1 heterocycles. The second kappa shape index (κ2) is 8.70. The van der Waals surface area contributed by atoms with Crippen LogP contribution >= 0.6 is 27.7 Å². The molecule has 0 unspecified atom stereocenters. The van der Waals surface area contributed by atoms with E-state index in [9.17, 15) is 4.79 Å². The van der Waals surface area contributed by atoms with Crippen LogP contribution in [0.2, 0.25) is 0 Å². The summed E-state index contributed by atoms with van der Waals surface area (Å²) in [5, 5.41) is 1.11. The van der Waals surface area contributed by atoms with Crippen LogP contribution in [0.15, 0.2) is 70.2 Å². The number of halogens is 1. The molecule has 25 heavy (non-hydrogen) atoms. The minimum atomic E-state index is -0.368. The van der Waals surface area contributed by atoms with E-state index in [2.05, 4.69) is 32.8 Å². The number of benzene rings is 2. The Morgan fingerprint density at radius 1 is 1.08 bits per heavy atom. The van der Waals surface area contributed by atoms with Gasteiger partial charge in [-0.1, -0.05) is 46.0 Å². The topological polar surface area (TPSA) is 39.2 Å². The standard InChI is InChI=1S/C20H14BrNO2S/c21-17-10-8-16(9-11-17)20(23)24-13-1-2-14-25-18-7-3-5-15-6-4-12-22-19(15)18/h3-12H,13-14H2. The maximum absolute atomic E-state index is 11.8. The first-order chi connectivity index (χ1) is 12.2. The number of esters is 1. The van der Waals surface area contributed by atoms with Crippen molar-refractivity contribution in [3.8, 4) is 11.8 Å². The minimum absolute atomic E-state index is 0.0866. The Labute approximate surface area is 158 Å². The SMILES string of the molecule is O=C(OCC#CCSc1cccc2cccnc12)c1ccc(Br)cc1. The predicted molar refractivity (Wildman–Crippen MR) is 105 cm³/mol. The van der Waals surface area contributed by atoms with Crippen molar-refractivity contribution in [2.24, 2.45) is 0 Å². The van der Waals surface area contributed by atoms with Crippen LogP contribution in [0.25, 0.3) is 10.9 Å². The van der Waals surface area contributed by atoms with Crippen molar-refractivity contribution in [1.29, 1.82) is 0 Å². The summed E-state index contributed by atoms with van der Waals surface area (Å²) in [6.07, 6.45) is 1.79. The summed E-state index contributed by atoms with van der Waals surface area (Å²) >= 11 is 4.95. The first-order valence-electron chi connectivity index (χ1n) is 7.59. The Morgan fingerprint density at radius 3 is 2.72 bits per heavy atom. The lowest BCUT2D eigenvalue weighted by molar-refractivity contribution is 0.0556. The van der Waals surface area contributed by atoms with Crippen LogP contribution in [0, 0.1) is 11.8 Å². The predicted octanol–water partition coefficient (Wildman–Crippen LogP) is 4.95. The lowest BCUT2D eigenvalue weighted by Crippen LogP contribution is -2.04. The summed E-state index contributed by atoms with van der Waals surface area (Å²) in [7, 11) is 0. The summed E-state index contributed by atoms with van der Waals surface area (Å²) in [5.41, 5.74) is 1.50. The molecule has 124 valence electrons. The Kier molecular flexibility index (Phi) is 6.10. The molecule has 3 nitrogen and oxygen atoms in total. The normalized spacial score (nSPS) is 10.1. The number of carbonyl (C=O) groups excluding carboxylic acids is 1. The van der Waals surface area contributed by atoms with Gasteiger partial charge in [-0.15, -0.1) is 11.8 Å². The monoisotopic (exact) mass is 411 g/mol. The van der Waals surface area contributed by atoms with E-state index in [-0.39, 0.29) is 12.6 Å². The third kappa shape index (κ3) is 4.85. The van der Waals surface area contributed by atoms with Gasteiger partial charge in [-0.25, -0.2) is 4.79 Å². The molecule has 0 aliphatic heterocycles. The van der Waals surface area contributed by atoms with Gasteiger partial charge in [0, 0.05) is 21.0 Å². The second-order valence-electron chi connectivity index (χ2n) is 5.06. The molecule has 0 spiro atoms. The van der Waals surface area contributed by atoms with E-state index in [1.54, 1.807) is 42.2 Å². The maximum Gasteiger partial charge on any atom is 0.339 e. The van der Waals surface area contributed by atoms with Gasteiger partial charge >= 0.3 is 5.97 Å². The van der Waals surface area contributed by atoms with Crippen LogP contribution in [-0.4, -0.2) is 23.3 Å². The van der Waals surface area contributed by atoms with Crippen LogP contribution in [0.3, 0.4) is 0 Å². The molecule has 1 aromatic heterocycles. The third-order valence-electron chi connectivity index (χ3n) is 3.38. The van der Waals surface area contributed by atoms with Crippen molar-refractivity contribution >= 4 is 44.6 Å². The molecule has 5 heteroatoms. The van der Waals surface area contributed by atoms with E-state index in [0.717, 1.165) is 20.3 Å². The summed E-state index contributed by atoms with van der Waals surface area (Å²) in [6.45, 7) is 0.0866. The smallest absolute Gasteiger partial charge is 0.339 e. The molecule has 2 aromatic carbocycles. The number of pyridine rings is 1. The molecule has 0 saturated carbocycles. The Morgan fingerprint density at radius 2 is 1.88 bits per heavy atom. The van der Waals surface area contributed by atoms with Crippen LogP contribution in [0.4, 0.5) is 0 Å². The fraction of sp³-hybridized carbons (Fsp3) is 0.100.